The van der Waals surface area contributed by atoms with Crippen LogP contribution in [0, 0.1) is 0 Å². The third kappa shape index (κ3) is 5.53. The molecule has 1 rings (SSSR count). The number of halogens is 1. The van der Waals surface area contributed by atoms with Crippen LogP contribution in [-0.2, 0) is 16.1 Å². The Morgan fingerprint density at radius 2 is 2.14 bits per heavy atom. The number of ether oxygens (including phenoxy) is 2. The van der Waals surface area contributed by atoms with Gasteiger partial charge in [-0.2, -0.15) is 0 Å². The molecule has 1 amide bonds. The average Bonchev–Trinajstić information content (AvgIpc) is 2.44. The molecule has 1 aromatic rings. The number of likely N-dealkylation sites (N-methyl/N-ethyl adjacent to an activating group) is 1. The van der Waals surface area contributed by atoms with E-state index in [1.807, 2.05) is 12.1 Å². The quantitative estimate of drug-likeness (QED) is 0.745. The largest absolute Gasteiger partial charge is 0.481 e. The summed E-state index contributed by atoms with van der Waals surface area (Å²) in [5.41, 5.74) is 0.841. The Labute approximate surface area is 131 Å². The van der Waals surface area contributed by atoms with Crippen molar-refractivity contribution in [2.45, 2.75) is 19.6 Å². The van der Waals surface area contributed by atoms with Crippen LogP contribution in [0.15, 0.2) is 18.2 Å². The van der Waals surface area contributed by atoms with Crippen LogP contribution in [0.3, 0.4) is 0 Å². The van der Waals surface area contributed by atoms with Gasteiger partial charge >= 0.3 is 0 Å². The standard InChI is InChI=1S/C15H23ClN2O3/c1-11(15(19)18(2)3)21-14-7-5-6-13(16)12(14)10-17-8-9-20-4/h5-7,11,17H,8-10H2,1-4H3. The minimum atomic E-state index is -0.559. The van der Waals surface area contributed by atoms with E-state index in [2.05, 4.69) is 5.32 Å². The maximum absolute atomic E-state index is 11.9. The lowest BCUT2D eigenvalue weighted by molar-refractivity contribution is -0.135. The zero-order valence-electron chi connectivity index (χ0n) is 13.0. The van der Waals surface area contributed by atoms with Crippen LogP contribution >= 0.6 is 11.6 Å². The van der Waals surface area contributed by atoms with Crippen molar-refractivity contribution < 1.29 is 14.3 Å². The molecule has 0 radical (unpaired) electrons. The minimum Gasteiger partial charge on any atom is -0.481 e. The summed E-state index contributed by atoms with van der Waals surface area (Å²) in [5, 5.41) is 3.84. The predicted molar refractivity (Wildman–Crippen MR) is 83.8 cm³/mol. The third-order valence-corrected chi connectivity index (χ3v) is 3.31. The van der Waals surface area contributed by atoms with Gasteiger partial charge in [0.1, 0.15) is 5.75 Å². The van der Waals surface area contributed by atoms with Crippen LogP contribution in [0.25, 0.3) is 0 Å². The molecule has 118 valence electrons. The van der Waals surface area contributed by atoms with E-state index in [4.69, 9.17) is 21.1 Å². The van der Waals surface area contributed by atoms with Crippen molar-refractivity contribution in [1.29, 1.82) is 0 Å². The fourth-order valence-corrected chi connectivity index (χ4v) is 2.05. The fourth-order valence-electron chi connectivity index (χ4n) is 1.81. The summed E-state index contributed by atoms with van der Waals surface area (Å²) in [6.07, 6.45) is -0.559. The van der Waals surface area contributed by atoms with Gasteiger partial charge in [0.15, 0.2) is 6.10 Å². The van der Waals surface area contributed by atoms with Crippen LogP contribution in [0.5, 0.6) is 5.75 Å². The zero-order valence-corrected chi connectivity index (χ0v) is 13.7. The first kappa shape index (κ1) is 17.8. The molecule has 5 nitrogen and oxygen atoms in total. The van der Waals surface area contributed by atoms with E-state index in [0.29, 0.717) is 30.5 Å². The van der Waals surface area contributed by atoms with Gasteiger partial charge in [-0.05, 0) is 19.1 Å². The van der Waals surface area contributed by atoms with Crippen molar-refractivity contribution in [3.63, 3.8) is 0 Å². The Kier molecular flexibility index (Phi) is 7.50. The molecule has 0 aliphatic rings. The molecule has 0 aliphatic carbocycles. The van der Waals surface area contributed by atoms with Gasteiger partial charge in [-0.1, -0.05) is 17.7 Å². The Hall–Kier alpha value is -1.30. The monoisotopic (exact) mass is 314 g/mol. The maximum Gasteiger partial charge on any atom is 0.262 e. The lowest BCUT2D eigenvalue weighted by Crippen LogP contribution is -2.35. The lowest BCUT2D eigenvalue weighted by atomic mass is 10.2. The highest BCUT2D eigenvalue weighted by Gasteiger charge is 2.18. The van der Waals surface area contributed by atoms with Gasteiger partial charge in [0.2, 0.25) is 0 Å². The van der Waals surface area contributed by atoms with E-state index in [1.54, 1.807) is 34.2 Å². The van der Waals surface area contributed by atoms with E-state index in [1.165, 1.54) is 4.90 Å². The van der Waals surface area contributed by atoms with Gasteiger partial charge in [0, 0.05) is 44.9 Å². The van der Waals surface area contributed by atoms with Crippen molar-refractivity contribution in [1.82, 2.24) is 10.2 Å². The summed E-state index contributed by atoms with van der Waals surface area (Å²) >= 11 is 6.22. The second kappa shape index (κ2) is 8.87. The molecule has 6 heteroatoms. The number of carbonyl (C=O) groups excluding carboxylic acids is 1. The summed E-state index contributed by atoms with van der Waals surface area (Å²) in [7, 11) is 5.06. The van der Waals surface area contributed by atoms with Gasteiger partial charge in [-0.25, -0.2) is 0 Å². The van der Waals surface area contributed by atoms with Crippen LogP contribution in [0.4, 0.5) is 0 Å². The number of carbonyl (C=O) groups is 1. The first-order valence-corrected chi connectivity index (χ1v) is 7.20. The number of hydrogen-bond acceptors (Lipinski definition) is 4. The van der Waals surface area contributed by atoms with Crippen LogP contribution in [0.1, 0.15) is 12.5 Å². The van der Waals surface area contributed by atoms with Gasteiger partial charge in [0.25, 0.3) is 5.91 Å². The van der Waals surface area contributed by atoms with Gasteiger partial charge in [0.05, 0.1) is 6.61 Å². The van der Waals surface area contributed by atoms with Gasteiger partial charge < -0.3 is 19.7 Å². The first-order valence-electron chi connectivity index (χ1n) is 6.82. The van der Waals surface area contributed by atoms with E-state index in [9.17, 15) is 4.79 Å². The number of amides is 1. The van der Waals surface area contributed by atoms with Crippen molar-refractivity contribution >= 4 is 17.5 Å². The minimum absolute atomic E-state index is 0.0896. The van der Waals surface area contributed by atoms with E-state index in [-0.39, 0.29) is 5.91 Å². The topological polar surface area (TPSA) is 50.8 Å². The highest BCUT2D eigenvalue weighted by Crippen LogP contribution is 2.27. The number of nitrogens with zero attached hydrogens (tertiary/aromatic N) is 1. The molecule has 21 heavy (non-hydrogen) atoms. The van der Waals surface area contributed by atoms with E-state index >= 15 is 0 Å². The Balaban J connectivity index is 2.77. The summed E-state index contributed by atoms with van der Waals surface area (Å²) in [6.45, 7) is 3.62. The average molecular weight is 315 g/mol. The van der Waals surface area contributed by atoms with Crippen molar-refractivity contribution in [3.8, 4) is 5.75 Å². The molecule has 0 saturated heterocycles. The van der Waals surface area contributed by atoms with Crippen LogP contribution in [0.2, 0.25) is 5.02 Å². The second-order valence-electron chi connectivity index (χ2n) is 4.88. The number of nitrogens with one attached hydrogen (secondary N) is 1. The summed E-state index contributed by atoms with van der Waals surface area (Å²) in [4.78, 5) is 13.4. The molecule has 1 N–H and O–H groups in total. The SMILES string of the molecule is COCCNCc1c(Cl)cccc1OC(C)C(=O)N(C)C. The van der Waals surface area contributed by atoms with Crippen molar-refractivity contribution in [2.75, 3.05) is 34.4 Å². The summed E-state index contributed by atoms with van der Waals surface area (Å²) < 4.78 is 10.7. The maximum atomic E-state index is 11.9. The molecular weight excluding hydrogens is 292 g/mol. The second-order valence-corrected chi connectivity index (χ2v) is 5.29. The van der Waals surface area contributed by atoms with Gasteiger partial charge in [-0.15, -0.1) is 0 Å². The molecule has 0 aliphatic heterocycles. The number of benzene rings is 1. The van der Waals surface area contributed by atoms with Crippen molar-refractivity contribution in [3.05, 3.63) is 28.8 Å². The van der Waals surface area contributed by atoms with Gasteiger partial charge in [-0.3, -0.25) is 4.79 Å². The molecule has 1 unspecified atom stereocenters. The highest BCUT2D eigenvalue weighted by atomic mass is 35.5. The van der Waals surface area contributed by atoms with E-state index < -0.39 is 6.10 Å². The van der Waals surface area contributed by atoms with Crippen LogP contribution < -0.4 is 10.1 Å². The normalized spacial score (nSPS) is 12.0. The lowest BCUT2D eigenvalue weighted by Gasteiger charge is -2.20. The number of rotatable bonds is 8. The van der Waals surface area contributed by atoms with E-state index in [0.717, 1.165) is 5.56 Å². The third-order valence-electron chi connectivity index (χ3n) is 2.95. The molecule has 0 aromatic heterocycles. The molecule has 1 atom stereocenters. The fraction of sp³-hybridized carbons (Fsp3) is 0.533. The smallest absolute Gasteiger partial charge is 0.262 e. The molecule has 0 saturated carbocycles. The molecule has 0 heterocycles. The molecule has 0 spiro atoms. The molecule has 0 bridgehead atoms. The molecular formula is C15H23ClN2O3. The Morgan fingerprint density at radius 1 is 1.43 bits per heavy atom. The Bertz CT molecular complexity index is 466. The zero-order chi connectivity index (χ0) is 15.8. The summed E-state index contributed by atoms with van der Waals surface area (Å²) in [5.74, 6) is 0.531. The van der Waals surface area contributed by atoms with Crippen molar-refractivity contribution in [2.24, 2.45) is 0 Å². The predicted octanol–water partition coefficient (Wildman–Crippen LogP) is 1.93. The highest BCUT2D eigenvalue weighted by molar-refractivity contribution is 6.31. The molecule has 0 fully saturated rings. The number of hydrogen-bond donors (Lipinski definition) is 1. The summed E-state index contributed by atoms with van der Waals surface area (Å²) in [6, 6.07) is 5.43. The van der Waals surface area contributed by atoms with Crippen LogP contribution in [-0.4, -0.2) is 51.3 Å². The first-order chi connectivity index (χ1) is 9.97. The molecule has 1 aromatic carbocycles. The Morgan fingerprint density at radius 3 is 2.76 bits per heavy atom. The number of methoxy groups -OCH3 is 1.